The molecule has 3 rings (SSSR count). The highest BCUT2D eigenvalue weighted by molar-refractivity contribution is 5.92. The molecular formula is C19H23FN4O. The maximum absolute atomic E-state index is 13.7. The summed E-state index contributed by atoms with van der Waals surface area (Å²) in [5.74, 6) is 0.339. The van der Waals surface area contributed by atoms with Gasteiger partial charge in [-0.15, -0.1) is 0 Å². The summed E-state index contributed by atoms with van der Waals surface area (Å²) in [6, 6.07) is 8.09. The second kappa shape index (κ2) is 7.70. The second-order valence-electron chi connectivity index (χ2n) is 6.63. The van der Waals surface area contributed by atoms with Gasteiger partial charge in [-0.25, -0.2) is 14.4 Å². The highest BCUT2D eigenvalue weighted by Gasteiger charge is 2.23. The summed E-state index contributed by atoms with van der Waals surface area (Å²) in [5, 5.41) is 2.74. The number of likely N-dealkylation sites (tertiary alicyclic amines) is 1. The molecule has 25 heavy (non-hydrogen) atoms. The van der Waals surface area contributed by atoms with Gasteiger partial charge in [0.2, 0.25) is 0 Å². The zero-order valence-corrected chi connectivity index (χ0v) is 14.6. The standard InChI is InChI=1S/C19H23FN4O/c1-13-10-17(19(25)21-11-14-6-3-4-8-16(14)20)23-18(22-13)15-7-5-9-24(2)12-15/h3-4,6,8,10,15H,5,7,9,11-12H2,1-2H3,(H,21,25)/t15-/m0/s1. The number of hydrogen-bond acceptors (Lipinski definition) is 4. The molecule has 0 saturated carbocycles. The molecule has 1 saturated heterocycles. The van der Waals surface area contributed by atoms with Crippen LogP contribution in [0.25, 0.3) is 0 Å². The molecule has 0 radical (unpaired) electrons. The van der Waals surface area contributed by atoms with Gasteiger partial charge in [0.15, 0.2) is 0 Å². The lowest BCUT2D eigenvalue weighted by molar-refractivity contribution is 0.0944. The van der Waals surface area contributed by atoms with Crippen LogP contribution < -0.4 is 5.32 Å². The quantitative estimate of drug-likeness (QED) is 0.928. The van der Waals surface area contributed by atoms with Crippen molar-refractivity contribution in [1.82, 2.24) is 20.2 Å². The van der Waals surface area contributed by atoms with Crippen LogP contribution in [0.5, 0.6) is 0 Å². The first kappa shape index (κ1) is 17.5. The molecule has 2 heterocycles. The normalized spacial score (nSPS) is 18.1. The van der Waals surface area contributed by atoms with E-state index in [0.717, 1.165) is 37.4 Å². The van der Waals surface area contributed by atoms with Crippen molar-refractivity contribution in [2.75, 3.05) is 20.1 Å². The summed E-state index contributed by atoms with van der Waals surface area (Å²) in [6.07, 6.45) is 2.14. The van der Waals surface area contributed by atoms with Crippen molar-refractivity contribution >= 4 is 5.91 Å². The predicted octanol–water partition coefficient (Wildman–Crippen LogP) is 2.66. The van der Waals surface area contributed by atoms with Gasteiger partial charge in [-0.3, -0.25) is 4.79 Å². The van der Waals surface area contributed by atoms with Gasteiger partial charge in [0, 0.05) is 30.3 Å². The van der Waals surface area contributed by atoms with Gasteiger partial charge in [-0.05, 0) is 45.5 Å². The number of nitrogens with one attached hydrogen (secondary N) is 1. The fourth-order valence-corrected chi connectivity index (χ4v) is 3.18. The first-order valence-corrected chi connectivity index (χ1v) is 8.58. The number of benzene rings is 1. The van der Waals surface area contributed by atoms with Gasteiger partial charge in [0.05, 0.1) is 0 Å². The smallest absolute Gasteiger partial charge is 0.270 e. The van der Waals surface area contributed by atoms with Crippen molar-refractivity contribution in [1.29, 1.82) is 0 Å². The van der Waals surface area contributed by atoms with E-state index in [1.54, 1.807) is 24.3 Å². The van der Waals surface area contributed by atoms with Crippen LogP contribution in [-0.4, -0.2) is 40.9 Å². The van der Waals surface area contributed by atoms with Crippen LogP contribution in [0.15, 0.2) is 30.3 Å². The largest absolute Gasteiger partial charge is 0.347 e. The average molecular weight is 342 g/mol. The van der Waals surface area contributed by atoms with Gasteiger partial charge in [0.1, 0.15) is 17.3 Å². The van der Waals surface area contributed by atoms with E-state index in [9.17, 15) is 9.18 Å². The van der Waals surface area contributed by atoms with Crippen LogP contribution in [0.1, 0.15) is 46.3 Å². The van der Waals surface area contributed by atoms with Crippen molar-refractivity contribution in [3.8, 4) is 0 Å². The highest BCUT2D eigenvalue weighted by Crippen LogP contribution is 2.24. The number of aromatic nitrogens is 2. The van der Waals surface area contributed by atoms with Crippen LogP contribution in [0.2, 0.25) is 0 Å². The number of piperidine rings is 1. The summed E-state index contributed by atoms with van der Waals surface area (Å²) < 4.78 is 13.7. The average Bonchev–Trinajstić information content (AvgIpc) is 2.60. The van der Waals surface area contributed by atoms with Crippen molar-refractivity contribution < 1.29 is 9.18 Å². The van der Waals surface area contributed by atoms with Crippen LogP contribution in [0, 0.1) is 12.7 Å². The van der Waals surface area contributed by atoms with Crippen LogP contribution in [0.3, 0.4) is 0 Å². The highest BCUT2D eigenvalue weighted by atomic mass is 19.1. The van der Waals surface area contributed by atoms with E-state index in [2.05, 4.69) is 27.2 Å². The molecule has 1 amide bonds. The second-order valence-corrected chi connectivity index (χ2v) is 6.63. The third-order valence-electron chi connectivity index (χ3n) is 4.49. The summed E-state index contributed by atoms with van der Waals surface area (Å²) in [6.45, 7) is 3.99. The van der Waals surface area contributed by atoms with E-state index in [4.69, 9.17) is 0 Å². The molecule has 1 aliphatic heterocycles. The number of halogens is 1. The monoisotopic (exact) mass is 342 g/mol. The van der Waals surface area contributed by atoms with Crippen molar-refractivity contribution in [2.24, 2.45) is 0 Å². The molecule has 132 valence electrons. The molecule has 1 atom stereocenters. The summed E-state index contributed by atoms with van der Waals surface area (Å²) in [7, 11) is 2.09. The first-order valence-electron chi connectivity index (χ1n) is 8.58. The molecular weight excluding hydrogens is 319 g/mol. The van der Waals surface area contributed by atoms with Gasteiger partial charge in [-0.2, -0.15) is 0 Å². The first-order chi connectivity index (χ1) is 12.0. The molecule has 1 fully saturated rings. The minimum absolute atomic E-state index is 0.135. The minimum atomic E-state index is -0.326. The Bertz CT molecular complexity index is 765. The molecule has 0 aliphatic carbocycles. The van der Waals surface area contributed by atoms with E-state index in [-0.39, 0.29) is 24.2 Å². The fourth-order valence-electron chi connectivity index (χ4n) is 3.18. The van der Waals surface area contributed by atoms with E-state index < -0.39 is 0 Å². The predicted molar refractivity (Wildman–Crippen MR) is 93.8 cm³/mol. The van der Waals surface area contributed by atoms with Crippen LogP contribution >= 0.6 is 0 Å². The number of nitrogens with zero attached hydrogens (tertiary/aromatic N) is 3. The number of rotatable bonds is 4. The Balaban J connectivity index is 1.73. The molecule has 0 spiro atoms. The molecule has 6 heteroatoms. The lowest BCUT2D eigenvalue weighted by Crippen LogP contribution is -2.32. The molecule has 1 aromatic heterocycles. The Morgan fingerprint density at radius 2 is 2.16 bits per heavy atom. The Hall–Kier alpha value is -2.34. The maximum Gasteiger partial charge on any atom is 0.270 e. The Morgan fingerprint density at radius 1 is 1.36 bits per heavy atom. The summed E-state index contributed by atoms with van der Waals surface area (Å²) >= 11 is 0. The third-order valence-corrected chi connectivity index (χ3v) is 4.49. The maximum atomic E-state index is 13.7. The molecule has 0 unspecified atom stereocenters. The number of aryl methyl sites for hydroxylation is 1. The van der Waals surface area contributed by atoms with Gasteiger partial charge in [-0.1, -0.05) is 18.2 Å². The molecule has 0 bridgehead atoms. The number of carbonyl (C=O) groups excluding carboxylic acids is 1. The van der Waals surface area contributed by atoms with Crippen molar-refractivity contribution in [3.63, 3.8) is 0 Å². The van der Waals surface area contributed by atoms with E-state index in [1.165, 1.54) is 6.07 Å². The third kappa shape index (κ3) is 4.39. The Labute approximate surface area is 147 Å². The number of likely N-dealkylation sites (N-methyl/N-ethyl adjacent to an activating group) is 1. The lowest BCUT2D eigenvalue weighted by Gasteiger charge is -2.28. The van der Waals surface area contributed by atoms with E-state index in [0.29, 0.717) is 11.3 Å². The molecule has 1 N–H and O–H groups in total. The van der Waals surface area contributed by atoms with Gasteiger partial charge in [0.25, 0.3) is 5.91 Å². The zero-order chi connectivity index (χ0) is 17.8. The van der Waals surface area contributed by atoms with Crippen LogP contribution in [-0.2, 0) is 6.54 Å². The van der Waals surface area contributed by atoms with Gasteiger partial charge >= 0.3 is 0 Å². The topological polar surface area (TPSA) is 58.1 Å². The van der Waals surface area contributed by atoms with Crippen molar-refractivity contribution in [2.45, 2.75) is 32.2 Å². The summed E-state index contributed by atoms with van der Waals surface area (Å²) in [5.41, 5.74) is 1.57. The van der Waals surface area contributed by atoms with E-state index in [1.807, 2.05) is 6.92 Å². The minimum Gasteiger partial charge on any atom is -0.347 e. The summed E-state index contributed by atoms with van der Waals surface area (Å²) in [4.78, 5) is 23.7. The zero-order valence-electron chi connectivity index (χ0n) is 14.6. The fraction of sp³-hybridized carbons (Fsp3) is 0.421. The van der Waals surface area contributed by atoms with E-state index >= 15 is 0 Å². The molecule has 5 nitrogen and oxygen atoms in total. The van der Waals surface area contributed by atoms with Crippen LogP contribution in [0.4, 0.5) is 4.39 Å². The Kier molecular flexibility index (Phi) is 5.38. The number of amides is 1. The lowest BCUT2D eigenvalue weighted by atomic mass is 9.97. The molecule has 2 aromatic rings. The number of carbonyl (C=O) groups is 1. The molecule has 1 aliphatic rings. The Morgan fingerprint density at radius 3 is 2.92 bits per heavy atom. The van der Waals surface area contributed by atoms with Crippen molar-refractivity contribution in [3.05, 3.63) is 58.9 Å². The molecule has 1 aromatic carbocycles. The SMILES string of the molecule is Cc1cc(C(=O)NCc2ccccc2F)nc([C@H]2CCCN(C)C2)n1. The van der Waals surface area contributed by atoms with Gasteiger partial charge < -0.3 is 10.2 Å². The number of hydrogen-bond donors (Lipinski definition) is 1.